The highest BCUT2D eigenvalue weighted by atomic mass is 15.1. The standard InChI is InChI=1S/C16H19N3/c1-12-10-13-5-8-19(16(13)11-15(12)17)9-6-14-4-2-3-7-18-14/h2-4,7,10-11H,5-6,8-9,17H2,1H3. The van der Waals surface area contributed by atoms with Crippen LogP contribution in [0.4, 0.5) is 11.4 Å². The largest absolute Gasteiger partial charge is 0.398 e. The molecule has 2 aromatic rings. The van der Waals surface area contributed by atoms with Crippen LogP contribution in [0, 0.1) is 6.92 Å². The number of pyridine rings is 1. The summed E-state index contributed by atoms with van der Waals surface area (Å²) in [6.07, 6.45) is 3.96. The van der Waals surface area contributed by atoms with E-state index in [-0.39, 0.29) is 0 Å². The normalized spacial score (nSPS) is 13.6. The zero-order chi connectivity index (χ0) is 13.2. The van der Waals surface area contributed by atoms with Gasteiger partial charge < -0.3 is 10.6 Å². The number of nitrogens with two attached hydrogens (primary N) is 1. The van der Waals surface area contributed by atoms with Gasteiger partial charge in [-0.25, -0.2) is 0 Å². The van der Waals surface area contributed by atoms with Crippen LogP contribution < -0.4 is 10.6 Å². The number of aromatic nitrogens is 1. The number of anilines is 2. The molecule has 0 atom stereocenters. The van der Waals surface area contributed by atoms with Crippen LogP contribution in [0.2, 0.25) is 0 Å². The predicted octanol–water partition coefficient (Wildman–Crippen LogP) is 2.58. The minimum Gasteiger partial charge on any atom is -0.398 e. The first-order valence-electron chi connectivity index (χ1n) is 6.78. The minimum atomic E-state index is 0.892. The fraction of sp³-hybridized carbons (Fsp3) is 0.312. The predicted molar refractivity (Wildman–Crippen MR) is 79.4 cm³/mol. The van der Waals surface area contributed by atoms with Gasteiger partial charge in [-0.1, -0.05) is 12.1 Å². The van der Waals surface area contributed by atoms with Crippen molar-refractivity contribution in [1.82, 2.24) is 4.98 Å². The lowest BCUT2D eigenvalue weighted by atomic mass is 10.1. The Morgan fingerprint density at radius 2 is 2.21 bits per heavy atom. The fourth-order valence-electron chi connectivity index (χ4n) is 2.67. The Labute approximate surface area is 114 Å². The summed E-state index contributed by atoms with van der Waals surface area (Å²) >= 11 is 0. The molecule has 0 amide bonds. The number of aryl methyl sites for hydroxylation is 1. The van der Waals surface area contributed by atoms with Crippen molar-refractivity contribution in [2.24, 2.45) is 0 Å². The summed E-state index contributed by atoms with van der Waals surface area (Å²) in [6, 6.07) is 10.4. The van der Waals surface area contributed by atoms with Crippen LogP contribution >= 0.6 is 0 Å². The molecule has 3 rings (SSSR count). The third kappa shape index (κ3) is 2.41. The highest BCUT2D eigenvalue weighted by Crippen LogP contribution is 2.31. The van der Waals surface area contributed by atoms with E-state index in [9.17, 15) is 0 Å². The number of nitrogens with zero attached hydrogens (tertiary/aromatic N) is 2. The van der Waals surface area contributed by atoms with E-state index in [1.807, 2.05) is 18.3 Å². The Balaban J connectivity index is 1.74. The van der Waals surface area contributed by atoms with Crippen LogP contribution in [0.25, 0.3) is 0 Å². The Morgan fingerprint density at radius 3 is 3.00 bits per heavy atom. The maximum absolute atomic E-state index is 6.02. The maximum atomic E-state index is 6.02. The fourth-order valence-corrected chi connectivity index (χ4v) is 2.67. The molecule has 0 radical (unpaired) electrons. The molecular weight excluding hydrogens is 234 g/mol. The molecule has 98 valence electrons. The van der Waals surface area contributed by atoms with Gasteiger partial charge in [0, 0.05) is 42.8 Å². The van der Waals surface area contributed by atoms with Gasteiger partial charge in [0.15, 0.2) is 0 Å². The van der Waals surface area contributed by atoms with E-state index in [0.29, 0.717) is 0 Å². The average Bonchev–Trinajstić information content (AvgIpc) is 2.80. The van der Waals surface area contributed by atoms with Crippen molar-refractivity contribution in [3.8, 4) is 0 Å². The van der Waals surface area contributed by atoms with Gasteiger partial charge in [-0.3, -0.25) is 4.98 Å². The number of benzene rings is 1. The molecule has 0 spiro atoms. The Hall–Kier alpha value is -2.03. The molecule has 3 heteroatoms. The molecule has 0 fully saturated rings. The molecule has 0 saturated heterocycles. The lowest BCUT2D eigenvalue weighted by Crippen LogP contribution is -2.23. The third-order valence-electron chi connectivity index (χ3n) is 3.82. The van der Waals surface area contributed by atoms with Crippen LogP contribution in [-0.2, 0) is 12.8 Å². The number of rotatable bonds is 3. The highest BCUT2D eigenvalue weighted by Gasteiger charge is 2.19. The topological polar surface area (TPSA) is 42.1 Å². The van der Waals surface area contributed by atoms with E-state index >= 15 is 0 Å². The number of nitrogen functional groups attached to an aromatic ring is 1. The number of hydrogen-bond donors (Lipinski definition) is 1. The quantitative estimate of drug-likeness (QED) is 0.855. The zero-order valence-corrected chi connectivity index (χ0v) is 11.3. The molecule has 1 aliphatic rings. The summed E-state index contributed by atoms with van der Waals surface area (Å²) in [5.74, 6) is 0. The van der Waals surface area contributed by atoms with Crippen LogP contribution in [0.5, 0.6) is 0 Å². The summed E-state index contributed by atoms with van der Waals surface area (Å²) < 4.78 is 0. The SMILES string of the molecule is Cc1cc2c(cc1N)N(CCc1ccccn1)CC2. The molecule has 0 saturated carbocycles. The van der Waals surface area contributed by atoms with Gasteiger partial charge in [0.25, 0.3) is 0 Å². The average molecular weight is 253 g/mol. The van der Waals surface area contributed by atoms with Gasteiger partial charge in [0.2, 0.25) is 0 Å². The summed E-state index contributed by atoms with van der Waals surface area (Å²) in [5.41, 5.74) is 12.0. The van der Waals surface area contributed by atoms with Crippen molar-refractivity contribution < 1.29 is 0 Å². The molecule has 0 bridgehead atoms. The van der Waals surface area contributed by atoms with Crippen molar-refractivity contribution in [1.29, 1.82) is 0 Å². The van der Waals surface area contributed by atoms with E-state index in [1.54, 1.807) is 0 Å². The second-order valence-corrected chi connectivity index (χ2v) is 5.15. The number of hydrogen-bond acceptors (Lipinski definition) is 3. The lowest BCUT2D eigenvalue weighted by molar-refractivity contribution is 0.799. The van der Waals surface area contributed by atoms with Crippen LogP contribution in [0.3, 0.4) is 0 Å². The second-order valence-electron chi connectivity index (χ2n) is 5.15. The van der Waals surface area contributed by atoms with Crippen molar-refractivity contribution in [3.05, 3.63) is 53.3 Å². The summed E-state index contributed by atoms with van der Waals surface area (Å²) in [4.78, 5) is 6.79. The molecular formula is C16H19N3. The van der Waals surface area contributed by atoms with Crippen molar-refractivity contribution in [2.45, 2.75) is 19.8 Å². The second kappa shape index (κ2) is 4.92. The monoisotopic (exact) mass is 253 g/mol. The van der Waals surface area contributed by atoms with E-state index in [4.69, 9.17) is 5.73 Å². The molecule has 0 aliphatic carbocycles. The van der Waals surface area contributed by atoms with E-state index in [1.165, 1.54) is 16.8 Å². The van der Waals surface area contributed by atoms with Gasteiger partial charge in [-0.15, -0.1) is 0 Å². The van der Waals surface area contributed by atoms with Crippen LogP contribution in [0.1, 0.15) is 16.8 Å². The molecule has 1 aromatic carbocycles. The van der Waals surface area contributed by atoms with Gasteiger partial charge in [0.05, 0.1) is 0 Å². The summed E-state index contributed by atoms with van der Waals surface area (Å²) in [5, 5.41) is 0. The molecule has 0 unspecified atom stereocenters. The van der Waals surface area contributed by atoms with Crippen LogP contribution in [0.15, 0.2) is 36.5 Å². The van der Waals surface area contributed by atoms with Crippen molar-refractivity contribution in [3.63, 3.8) is 0 Å². The van der Waals surface area contributed by atoms with Gasteiger partial charge in [-0.05, 0) is 42.7 Å². The maximum Gasteiger partial charge on any atom is 0.0421 e. The smallest absolute Gasteiger partial charge is 0.0421 e. The molecule has 2 heterocycles. The molecule has 1 aromatic heterocycles. The third-order valence-corrected chi connectivity index (χ3v) is 3.82. The first kappa shape index (κ1) is 12.0. The van der Waals surface area contributed by atoms with Crippen LogP contribution in [-0.4, -0.2) is 18.1 Å². The number of fused-ring (bicyclic) bond motifs is 1. The van der Waals surface area contributed by atoms with Crippen molar-refractivity contribution in [2.75, 3.05) is 23.7 Å². The van der Waals surface area contributed by atoms with E-state index in [0.717, 1.165) is 37.3 Å². The van der Waals surface area contributed by atoms with Gasteiger partial charge in [-0.2, -0.15) is 0 Å². The van der Waals surface area contributed by atoms with E-state index in [2.05, 4.69) is 35.0 Å². The minimum absolute atomic E-state index is 0.892. The molecule has 1 aliphatic heterocycles. The highest BCUT2D eigenvalue weighted by molar-refractivity contribution is 5.67. The Kier molecular flexibility index (Phi) is 3.11. The lowest BCUT2D eigenvalue weighted by Gasteiger charge is -2.19. The first-order valence-corrected chi connectivity index (χ1v) is 6.78. The van der Waals surface area contributed by atoms with Crippen molar-refractivity contribution >= 4 is 11.4 Å². The summed E-state index contributed by atoms with van der Waals surface area (Å²) in [7, 11) is 0. The first-order chi connectivity index (χ1) is 9.24. The summed E-state index contributed by atoms with van der Waals surface area (Å²) in [6.45, 7) is 4.17. The molecule has 19 heavy (non-hydrogen) atoms. The molecule has 2 N–H and O–H groups in total. The molecule has 3 nitrogen and oxygen atoms in total. The Morgan fingerprint density at radius 1 is 1.32 bits per heavy atom. The van der Waals surface area contributed by atoms with Gasteiger partial charge >= 0.3 is 0 Å². The zero-order valence-electron chi connectivity index (χ0n) is 11.3. The van der Waals surface area contributed by atoms with Gasteiger partial charge in [0.1, 0.15) is 0 Å². The van der Waals surface area contributed by atoms with E-state index < -0.39 is 0 Å². The Bertz CT molecular complexity index is 578.